The second-order valence-corrected chi connectivity index (χ2v) is 6.03. The third kappa shape index (κ3) is 4.85. The number of carbonyl (C=O) groups is 1. The first-order valence-electron chi connectivity index (χ1n) is 5.59. The molecule has 1 aromatic rings. The third-order valence-corrected chi connectivity index (χ3v) is 3.29. The van der Waals surface area contributed by atoms with E-state index < -0.39 is 0 Å². The Morgan fingerprint density at radius 3 is 2.82 bits per heavy atom. The molecule has 0 radical (unpaired) electrons. The lowest BCUT2D eigenvalue weighted by molar-refractivity contribution is 0.0905. The normalized spacial score (nSPS) is 11.5. The maximum atomic E-state index is 11.4. The molecule has 0 bridgehead atoms. The van der Waals surface area contributed by atoms with Gasteiger partial charge in [0.2, 0.25) is 0 Å². The molecule has 4 nitrogen and oxygen atoms in total. The lowest BCUT2D eigenvalue weighted by atomic mass is 9.93. The summed E-state index contributed by atoms with van der Waals surface area (Å²) < 4.78 is 5.58. The van der Waals surface area contributed by atoms with E-state index >= 15 is 0 Å². The highest BCUT2D eigenvalue weighted by atomic mass is 32.1. The van der Waals surface area contributed by atoms with Crippen molar-refractivity contribution in [2.24, 2.45) is 11.3 Å². The van der Waals surface area contributed by atoms with Gasteiger partial charge in [0.15, 0.2) is 0 Å². The Kier molecular flexibility index (Phi) is 5.11. The summed E-state index contributed by atoms with van der Waals surface area (Å²) in [4.78, 5) is 12.0. The summed E-state index contributed by atoms with van der Waals surface area (Å²) in [5, 5.41) is 1.87. The van der Waals surface area contributed by atoms with Crippen LogP contribution in [-0.2, 0) is 11.3 Å². The zero-order chi connectivity index (χ0) is 12.9. The van der Waals surface area contributed by atoms with E-state index in [1.165, 1.54) is 11.3 Å². The zero-order valence-electron chi connectivity index (χ0n) is 10.6. The van der Waals surface area contributed by atoms with Crippen molar-refractivity contribution in [2.45, 2.75) is 33.8 Å². The van der Waals surface area contributed by atoms with Crippen LogP contribution in [0.15, 0.2) is 11.4 Å². The molecular formula is C12H20N2O2S. The van der Waals surface area contributed by atoms with Crippen molar-refractivity contribution in [3.8, 4) is 0 Å². The highest BCUT2D eigenvalue weighted by Gasteiger charge is 2.13. The average Bonchev–Trinajstić information content (AvgIpc) is 2.70. The van der Waals surface area contributed by atoms with Gasteiger partial charge < -0.3 is 4.74 Å². The van der Waals surface area contributed by atoms with Crippen LogP contribution in [0.2, 0.25) is 0 Å². The molecule has 0 aliphatic heterocycles. The summed E-state index contributed by atoms with van der Waals surface area (Å²) in [5.74, 6) is 4.86. The van der Waals surface area contributed by atoms with Gasteiger partial charge in [-0.05, 0) is 23.3 Å². The fourth-order valence-corrected chi connectivity index (χ4v) is 2.09. The molecule has 3 N–H and O–H groups in total. The number of ether oxygens (including phenoxy) is 1. The predicted octanol–water partition coefficient (Wildman–Crippen LogP) is 2.30. The van der Waals surface area contributed by atoms with Gasteiger partial charge in [0, 0.05) is 12.2 Å². The minimum absolute atomic E-state index is 0.255. The summed E-state index contributed by atoms with van der Waals surface area (Å²) in [6, 6.07) is 1.90. The SMILES string of the molecule is CC(C)(C)CCOCc1ccsc1C(=O)NN. The fourth-order valence-electron chi connectivity index (χ4n) is 1.27. The standard InChI is InChI=1S/C12H20N2O2S/c1-12(2,3)5-6-16-8-9-4-7-17-10(9)11(15)14-13/h4,7H,5-6,8,13H2,1-3H3,(H,14,15). The number of carbonyl (C=O) groups excluding carboxylic acids is 1. The summed E-state index contributed by atoms with van der Waals surface area (Å²) in [6.45, 7) is 7.68. The second-order valence-electron chi connectivity index (χ2n) is 5.11. The van der Waals surface area contributed by atoms with Crippen molar-refractivity contribution in [3.05, 3.63) is 21.9 Å². The highest BCUT2D eigenvalue weighted by molar-refractivity contribution is 7.12. The molecule has 5 heteroatoms. The zero-order valence-corrected chi connectivity index (χ0v) is 11.4. The van der Waals surface area contributed by atoms with Crippen LogP contribution < -0.4 is 11.3 Å². The second kappa shape index (κ2) is 6.14. The number of hydrogen-bond acceptors (Lipinski definition) is 4. The molecule has 1 heterocycles. The van der Waals surface area contributed by atoms with E-state index in [0.717, 1.165) is 12.0 Å². The molecule has 17 heavy (non-hydrogen) atoms. The summed E-state index contributed by atoms with van der Waals surface area (Å²) in [5.41, 5.74) is 3.30. The number of hydrazine groups is 1. The van der Waals surface area contributed by atoms with Gasteiger partial charge in [-0.15, -0.1) is 11.3 Å². The number of amides is 1. The van der Waals surface area contributed by atoms with Crippen LogP contribution in [0.4, 0.5) is 0 Å². The first kappa shape index (κ1) is 14.2. The first-order valence-corrected chi connectivity index (χ1v) is 6.47. The lowest BCUT2D eigenvalue weighted by Gasteiger charge is -2.17. The van der Waals surface area contributed by atoms with Crippen molar-refractivity contribution in [3.63, 3.8) is 0 Å². The van der Waals surface area contributed by atoms with Crippen LogP contribution >= 0.6 is 11.3 Å². The Morgan fingerprint density at radius 2 is 2.24 bits per heavy atom. The molecule has 1 rings (SSSR count). The Bertz CT molecular complexity index is 369. The van der Waals surface area contributed by atoms with Gasteiger partial charge in [0.05, 0.1) is 11.5 Å². The number of rotatable bonds is 5. The smallest absolute Gasteiger partial charge is 0.275 e. The number of nitrogens with one attached hydrogen (secondary N) is 1. The van der Waals surface area contributed by atoms with Crippen LogP contribution in [0.1, 0.15) is 42.4 Å². The van der Waals surface area contributed by atoms with E-state index in [1.807, 2.05) is 11.4 Å². The van der Waals surface area contributed by atoms with Crippen molar-refractivity contribution < 1.29 is 9.53 Å². The van der Waals surface area contributed by atoms with Crippen LogP contribution in [0, 0.1) is 5.41 Å². The fraction of sp³-hybridized carbons (Fsp3) is 0.583. The van der Waals surface area contributed by atoms with E-state index in [2.05, 4.69) is 26.2 Å². The van der Waals surface area contributed by atoms with Crippen molar-refractivity contribution in [2.75, 3.05) is 6.61 Å². The van der Waals surface area contributed by atoms with Crippen molar-refractivity contribution >= 4 is 17.2 Å². The average molecular weight is 256 g/mol. The molecule has 0 saturated carbocycles. The van der Waals surface area contributed by atoms with Crippen LogP contribution in [0.25, 0.3) is 0 Å². The molecule has 0 aliphatic carbocycles. The van der Waals surface area contributed by atoms with Crippen LogP contribution in [0.5, 0.6) is 0 Å². The maximum absolute atomic E-state index is 11.4. The number of nitrogen functional groups attached to an aromatic ring is 1. The molecule has 0 spiro atoms. The van der Waals surface area contributed by atoms with E-state index in [1.54, 1.807) is 0 Å². The van der Waals surface area contributed by atoms with Gasteiger partial charge >= 0.3 is 0 Å². The lowest BCUT2D eigenvalue weighted by Crippen LogP contribution is -2.30. The van der Waals surface area contributed by atoms with Gasteiger partial charge in [-0.25, -0.2) is 5.84 Å². The summed E-state index contributed by atoms with van der Waals surface area (Å²) >= 11 is 1.37. The molecule has 96 valence electrons. The molecular weight excluding hydrogens is 236 g/mol. The molecule has 0 aromatic carbocycles. The summed E-state index contributed by atoms with van der Waals surface area (Å²) in [7, 11) is 0. The van der Waals surface area contributed by atoms with Gasteiger partial charge in [0.25, 0.3) is 5.91 Å². The Balaban J connectivity index is 2.42. The minimum Gasteiger partial charge on any atom is -0.377 e. The van der Waals surface area contributed by atoms with Crippen molar-refractivity contribution in [1.82, 2.24) is 5.43 Å². The first-order chi connectivity index (χ1) is 7.94. The molecule has 1 aromatic heterocycles. The maximum Gasteiger partial charge on any atom is 0.275 e. The summed E-state index contributed by atoms with van der Waals surface area (Å²) in [6.07, 6.45) is 0.996. The Hall–Kier alpha value is -0.910. The third-order valence-electron chi connectivity index (χ3n) is 2.34. The Morgan fingerprint density at radius 1 is 1.53 bits per heavy atom. The molecule has 0 saturated heterocycles. The van der Waals surface area contributed by atoms with E-state index in [9.17, 15) is 4.79 Å². The number of thiophene rings is 1. The van der Waals surface area contributed by atoms with Crippen LogP contribution in [-0.4, -0.2) is 12.5 Å². The van der Waals surface area contributed by atoms with E-state index in [0.29, 0.717) is 18.1 Å². The number of hydrogen-bond donors (Lipinski definition) is 2. The van der Waals surface area contributed by atoms with Gasteiger partial charge in [-0.3, -0.25) is 10.2 Å². The Labute approximate surface area is 106 Å². The number of nitrogens with two attached hydrogens (primary N) is 1. The molecule has 1 amide bonds. The largest absolute Gasteiger partial charge is 0.377 e. The monoisotopic (exact) mass is 256 g/mol. The molecule has 0 unspecified atom stereocenters. The van der Waals surface area contributed by atoms with Gasteiger partial charge in [-0.2, -0.15) is 0 Å². The topological polar surface area (TPSA) is 64.3 Å². The van der Waals surface area contributed by atoms with Gasteiger partial charge in [-0.1, -0.05) is 20.8 Å². The highest BCUT2D eigenvalue weighted by Crippen LogP contribution is 2.20. The molecule has 0 aliphatic rings. The molecule has 0 fully saturated rings. The van der Waals surface area contributed by atoms with Crippen molar-refractivity contribution in [1.29, 1.82) is 0 Å². The van der Waals surface area contributed by atoms with E-state index in [4.69, 9.17) is 10.6 Å². The molecule has 0 atom stereocenters. The minimum atomic E-state index is -0.255. The van der Waals surface area contributed by atoms with Gasteiger partial charge in [0.1, 0.15) is 0 Å². The quantitative estimate of drug-likeness (QED) is 0.368. The van der Waals surface area contributed by atoms with E-state index in [-0.39, 0.29) is 11.3 Å². The predicted molar refractivity (Wildman–Crippen MR) is 69.7 cm³/mol. The van der Waals surface area contributed by atoms with Crippen LogP contribution in [0.3, 0.4) is 0 Å².